The Morgan fingerprint density at radius 1 is 1.33 bits per heavy atom. The van der Waals surface area contributed by atoms with Crippen LogP contribution in [0, 0.1) is 0 Å². The van der Waals surface area contributed by atoms with Crippen molar-refractivity contribution in [3.8, 4) is 0 Å². The highest BCUT2D eigenvalue weighted by atomic mass is 32.1. The number of nitrogens with zero attached hydrogens (tertiary/aromatic N) is 1. The Morgan fingerprint density at radius 3 is 2.61 bits per heavy atom. The summed E-state index contributed by atoms with van der Waals surface area (Å²) >= 11 is 1.86. The van der Waals surface area contributed by atoms with Gasteiger partial charge in [0.05, 0.1) is 11.2 Å². The fourth-order valence-electron chi connectivity index (χ4n) is 2.76. The lowest BCUT2D eigenvalue weighted by Gasteiger charge is -2.36. The Hall–Kier alpha value is -0.410. The molecule has 0 aromatic carbocycles. The number of thiazole rings is 1. The van der Waals surface area contributed by atoms with Crippen LogP contribution in [0.5, 0.6) is 0 Å². The molecule has 0 amide bonds. The molecule has 1 fully saturated rings. The average molecular weight is 266 g/mol. The van der Waals surface area contributed by atoms with E-state index in [2.05, 4.69) is 31.5 Å². The number of nitrogens with one attached hydrogen (secondary N) is 1. The van der Waals surface area contributed by atoms with Gasteiger partial charge in [0, 0.05) is 5.38 Å². The van der Waals surface area contributed by atoms with E-state index in [1.807, 2.05) is 11.3 Å². The van der Waals surface area contributed by atoms with Crippen molar-refractivity contribution >= 4 is 11.3 Å². The van der Waals surface area contributed by atoms with Gasteiger partial charge in [0.2, 0.25) is 0 Å². The maximum atomic E-state index is 4.91. The van der Waals surface area contributed by atoms with E-state index in [4.69, 9.17) is 4.98 Å². The van der Waals surface area contributed by atoms with E-state index in [-0.39, 0.29) is 5.54 Å². The molecule has 1 N–H and O–H groups in total. The fraction of sp³-hybridized carbons (Fsp3) is 0.800. The molecule has 0 radical (unpaired) electrons. The Balaban J connectivity index is 2.20. The molecule has 1 aromatic heterocycles. The van der Waals surface area contributed by atoms with Crippen molar-refractivity contribution in [1.29, 1.82) is 0 Å². The van der Waals surface area contributed by atoms with Gasteiger partial charge in [-0.1, -0.05) is 40.0 Å². The van der Waals surface area contributed by atoms with Gasteiger partial charge >= 0.3 is 0 Å². The van der Waals surface area contributed by atoms with Gasteiger partial charge in [0.1, 0.15) is 5.01 Å². The van der Waals surface area contributed by atoms with E-state index in [0.29, 0.717) is 5.92 Å². The second kappa shape index (κ2) is 6.16. The highest BCUT2D eigenvalue weighted by Gasteiger charge is 2.35. The minimum absolute atomic E-state index is 0.187. The molecule has 18 heavy (non-hydrogen) atoms. The van der Waals surface area contributed by atoms with Gasteiger partial charge in [-0.2, -0.15) is 0 Å². The zero-order valence-corrected chi connectivity index (χ0v) is 12.8. The SMILES string of the molecule is CCCNC1(c2nc(C(C)C)cs2)CCCCC1. The topological polar surface area (TPSA) is 24.9 Å². The molecular weight excluding hydrogens is 240 g/mol. The molecule has 0 spiro atoms. The largest absolute Gasteiger partial charge is 0.305 e. The Bertz CT molecular complexity index is 364. The number of rotatable bonds is 5. The molecule has 1 aliphatic carbocycles. The first-order valence-electron chi connectivity index (χ1n) is 7.39. The molecule has 0 bridgehead atoms. The molecule has 1 aliphatic rings. The van der Waals surface area contributed by atoms with Gasteiger partial charge in [0.15, 0.2) is 0 Å². The standard InChI is InChI=1S/C15H26N2S/c1-4-10-16-15(8-6-5-7-9-15)14-17-13(11-18-14)12(2)3/h11-12,16H,4-10H2,1-3H3. The third-order valence-corrected chi connectivity index (χ3v) is 5.01. The van der Waals surface area contributed by atoms with E-state index in [1.165, 1.54) is 49.2 Å². The van der Waals surface area contributed by atoms with Crippen LogP contribution in [0.3, 0.4) is 0 Å². The quantitative estimate of drug-likeness (QED) is 0.853. The number of aromatic nitrogens is 1. The zero-order valence-electron chi connectivity index (χ0n) is 12.0. The van der Waals surface area contributed by atoms with Crippen LogP contribution in [-0.4, -0.2) is 11.5 Å². The summed E-state index contributed by atoms with van der Waals surface area (Å²) < 4.78 is 0. The molecule has 1 aromatic rings. The van der Waals surface area contributed by atoms with Gasteiger partial charge in [-0.05, 0) is 31.7 Å². The van der Waals surface area contributed by atoms with Crippen LogP contribution in [0.15, 0.2) is 5.38 Å². The summed E-state index contributed by atoms with van der Waals surface area (Å²) in [7, 11) is 0. The van der Waals surface area contributed by atoms with E-state index >= 15 is 0 Å². The van der Waals surface area contributed by atoms with Crippen molar-refractivity contribution in [2.45, 2.75) is 70.8 Å². The third kappa shape index (κ3) is 2.94. The normalized spacial score (nSPS) is 19.3. The molecule has 2 nitrogen and oxygen atoms in total. The minimum Gasteiger partial charge on any atom is -0.305 e. The summed E-state index contributed by atoms with van der Waals surface area (Å²) in [4.78, 5) is 4.91. The summed E-state index contributed by atoms with van der Waals surface area (Å²) in [6.45, 7) is 7.80. The molecule has 1 heterocycles. The number of hydrogen-bond acceptors (Lipinski definition) is 3. The van der Waals surface area contributed by atoms with Gasteiger partial charge in [-0.25, -0.2) is 4.98 Å². The first-order chi connectivity index (χ1) is 8.68. The predicted molar refractivity (Wildman–Crippen MR) is 79.3 cm³/mol. The first-order valence-corrected chi connectivity index (χ1v) is 8.27. The average Bonchev–Trinajstić information content (AvgIpc) is 2.88. The zero-order chi connectivity index (χ0) is 13.0. The monoisotopic (exact) mass is 266 g/mol. The molecule has 0 atom stereocenters. The molecule has 0 unspecified atom stereocenters. The van der Waals surface area contributed by atoms with Crippen LogP contribution in [0.25, 0.3) is 0 Å². The van der Waals surface area contributed by atoms with E-state index in [9.17, 15) is 0 Å². The van der Waals surface area contributed by atoms with Crippen molar-refractivity contribution in [2.24, 2.45) is 0 Å². The Morgan fingerprint density at radius 2 is 2.06 bits per heavy atom. The van der Waals surface area contributed by atoms with Crippen LogP contribution in [0.1, 0.15) is 75.9 Å². The second-order valence-electron chi connectivity index (χ2n) is 5.80. The highest BCUT2D eigenvalue weighted by Crippen LogP contribution is 2.39. The molecule has 1 saturated carbocycles. The molecule has 3 heteroatoms. The van der Waals surface area contributed by atoms with Crippen LogP contribution in [0.2, 0.25) is 0 Å². The molecule has 102 valence electrons. The van der Waals surface area contributed by atoms with Crippen LogP contribution < -0.4 is 5.32 Å². The molecular formula is C15H26N2S. The summed E-state index contributed by atoms with van der Waals surface area (Å²) in [6, 6.07) is 0. The third-order valence-electron chi connectivity index (χ3n) is 3.94. The Labute approximate surface area is 115 Å². The fourth-order valence-corrected chi connectivity index (χ4v) is 3.97. The van der Waals surface area contributed by atoms with E-state index in [0.717, 1.165) is 6.54 Å². The lowest BCUT2D eigenvalue weighted by atomic mass is 9.82. The van der Waals surface area contributed by atoms with Gasteiger partial charge in [-0.15, -0.1) is 11.3 Å². The van der Waals surface area contributed by atoms with Crippen molar-refractivity contribution in [3.05, 3.63) is 16.1 Å². The maximum Gasteiger partial charge on any atom is 0.113 e. The maximum absolute atomic E-state index is 4.91. The predicted octanol–water partition coefficient (Wildman–Crippen LogP) is 4.43. The lowest BCUT2D eigenvalue weighted by Crippen LogP contribution is -2.44. The van der Waals surface area contributed by atoms with E-state index in [1.54, 1.807) is 0 Å². The lowest BCUT2D eigenvalue weighted by molar-refractivity contribution is 0.233. The van der Waals surface area contributed by atoms with Gasteiger partial charge in [-0.3, -0.25) is 0 Å². The first kappa shape index (κ1) is 14.0. The summed E-state index contributed by atoms with van der Waals surface area (Å²) in [5, 5.41) is 7.39. The van der Waals surface area contributed by atoms with Crippen LogP contribution in [-0.2, 0) is 5.54 Å². The second-order valence-corrected chi connectivity index (χ2v) is 6.66. The molecule has 0 aliphatic heterocycles. The van der Waals surface area contributed by atoms with E-state index < -0.39 is 0 Å². The highest BCUT2D eigenvalue weighted by molar-refractivity contribution is 7.09. The smallest absolute Gasteiger partial charge is 0.113 e. The van der Waals surface area contributed by atoms with Crippen molar-refractivity contribution in [3.63, 3.8) is 0 Å². The van der Waals surface area contributed by atoms with Gasteiger partial charge in [0.25, 0.3) is 0 Å². The summed E-state index contributed by atoms with van der Waals surface area (Å²) in [5.74, 6) is 0.543. The summed E-state index contributed by atoms with van der Waals surface area (Å²) in [5.41, 5.74) is 1.45. The van der Waals surface area contributed by atoms with Crippen LogP contribution in [0.4, 0.5) is 0 Å². The van der Waals surface area contributed by atoms with Crippen LogP contribution >= 0.6 is 11.3 Å². The Kier molecular flexibility index (Phi) is 4.79. The molecule has 2 rings (SSSR count). The van der Waals surface area contributed by atoms with Crippen molar-refractivity contribution in [2.75, 3.05) is 6.54 Å². The van der Waals surface area contributed by atoms with Gasteiger partial charge < -0.3 is 5.32 Å². The summed E-state index contributed by atoms with van der Waals surface area (Å²) in [6.07, 6.45) is 7.79. The van der Waals surface area contributed by atoms with Crippen molar-refractivity contribution < 1.29 is 0 Å². The van der Waals surface area contributed by atoms with Crippen molar-refractivity contribution in [1.82, 2.24) is 10.3 Å². The number of hydrogen-bond donors (Lipinski definition) is 1. The minimum atomic E-state index is 0.187. The molecule has 0 saturated heterocycles.